The van der Waals surface area contributed by atoms with Crippen LogP contribution >= 0.6 is 0 Å². The highest BCUT2D eigenvalue weighted by Crippen LogP contribution is 2.48. The van der Waals surface area contributed by atoms with Crippen molar-refractivity contribution in [1.82, 2.24) is 4.90 Å². The number of ether oxygens (including phenoxy) is 2. The van der Waals surface area contributed by atoms with Gasteiger partial charge in [-0.25, -0.2) is 0 Å². The summed E-state index contributed by atoms with van der Waals surface area (Å²) in [5.41, 5.74) is 2.74. The van der Waals surface area contributed by atoms with E-state index in [2.05, 4.69) is 55.8 Å². The van der Waals surface area contributed by atoms with Gasteiger partial charge in [0.05, 0.1) is 0 Å². The fraction of sp³-hybridized carbons (Fsp3) is 0.462. The van der Waals surface area contributed by atoms with Gasteiger partial charge in [0, 0.05) is 35.8 Å². The molecule has 1 atom stereocenters. The van der Waals surface area contributed by atoms with Crippen LogP contribution in [0.25, 0.3) is 0 Å². The first-order chi connectivity index (χ1) is 22.7. The van der Waals surface area contributed by atoms with E-state index in [0.717, 1.165) is 62.0 Å². The normalized spacial score (nSPS) is 23.6. The lowest BCUT2D eigenvalue weighted by atomic mass is 9.68. The van der Waals surface area contributed by atoms with Gasteiger partial charge in [0.25, 0.3) is 0 Å². The predicted molar refractivity (Wildman–Crippen MR) is 181 cm³/mol. The van der Waals surface area contributed by atoms with Crippen molar-refractivity contribution in [3.63, 3.8) is 0 Å². The van der Waals surface area contributed by atoms with Gasteiger partial charge in [-0.2, -0.15) is 26.3 Å². The molecule has 0 amide bonds. The standard InChI is InChI=1S/C39H41N7O2/c1-37(2,3)31-14-11-25(12-15-32-29(23-44)35(26(19-40)20-41)47-38(32,4)5)34(46-17-9-8-10-18-46)28(31)13-16-33-30(24-45)36(27(21-42)22-43)48-39(33,6)7/h12-13,15-16,31,40H,8-11,14,17-18H2,1-7H3/b16-13+,25-12+,32-15+. The molecule has 0 aromatic rings. The number of hydrogen-bond acceptors (Lipinski definition) is 9. The summed E-state index contributed by atoms with van der Waals surface area (Å²) in [6.45, 7) is 15.8. The largest absolute Gasteiger partial charge is 0.480 e. The maximum Gasteiger partial charge on any atom is 0.172 e. The lowest BCUT2D eigenvalue weighted by molar-refractivity contribution is 0.0950. The second-order valence-electron chi connectivity index (χ2n) is 14.4. The minimum absolute atomic E-state index is 0.0140. The van der Waals surface area contributed by atoms with E-state index in [1.54, 1.807) is 0 Å². The fourth-order valence-electron chi connectivity index (χ4n) is 7.01. The smallest absolute Gasteiger partial charge is 0.172 e. The van der Waals surface area contributed by atoms with Crippen molar-refractivity contribution in [2.24, 2.45) is 11.3 Å². The summed E-state index contributed by atoms with van der Waals surface area (Å²) in [6, 6.07) is 10.0. The molecule has 0 aromatic heterocycles. The highest BCUT2D eigenvalue weighted by molar-refractivity contribution is 5.72. The molecular weight excluding hydrogens is 598 g/mol. The fourth-order valence-corrected chi connectivity index (χ4v) is 7.01. The minimum Gasteiger partial charge on any atom is -0.480 e. The zero-order valence-corrected chi connectivity index (χ0v) is 28.8. The number of nitrogens with one attached hydrogen (secondary N) is 1. The van der Waals surface area contributed by atoms with E-state index >= 15 is 0 Å². The van der Waals surface area contributed by atoms with E-state index in [9.17, 15) is 26.3 Å². The van der Waals surface area contributed by atoms with Crippen LogP contribution in [0.3, 0.4) is 0 Å². The first-order valence-corrected chi connectivity index (χ1v) is 16.2. The Labute approximate surface area is 284 Å². The van der Waals surface area contributed by atoms with E-state index < -0.39 is 11.2 Å². The molecule has 9 nitrogen and oxygen atoms in total. The molecule has 1 fully saturated rings. The number of nitrogens with zero attached hydrogens (tertiary/aromatic N) is 6. The molecule has 1 unspecified atom stereocenters. The summed E-state index contributed by atoms with van der Waals surface area (Å²) in [7, 11) is 0. The number of hydrogen-bond donors (Lipinski definition) is 1. The van der Waals surface area contributed by atoms with E-state index in [1.807, 2.05) is 58.1 Å². The van der Waals surface area contributed by atoms with Crippen LogP contribution in [0.2, 0.25) is 0 Å². The van der Waals surface area contributed by atoms with Crippen molar-refractivity contribution in [3.8, 4) is 30.3 Å². The van der Waals surface area contributed by atoms with Gasteiger partial charge >= 0.3 is 0 Å². The molecule has 0 saturated carbocycles. The highest BCUT2D eigenvalue weighted by Gasteiger charge is 2.41. The van der Waals surface area contributed by atoms with Crippen LogP contribution in [0.5, 0.6) is 0 Å². The van der Waals surface area contributed by atoms with Gasteiger partial charge in [0.15, 0.2) is 22.7 Å². The molecule has 0 radical (unpaired) electrons. The number of allylic oxidation sites excluding steroid dienone is 8. The average Bonchev–Trinajstić information content (AvgIpc) is 3.46. The molecule has 0 spiro atoms. The van der Waals surface area contributed by atoms with Crippen LogP contribution in [0.1, 0.15) is 80.6 Å². The van der Waals surface area contributed by atoms with Crippen molar-refractivity contribution < 1.29 is 9.47 Å². The Balaban J connectivity index is 1.99. The van der Waals surface area contributed by atoms with Gasteiger partial charge in [-0.15, -0.1) is 0 Å². The van der Waals surface area contributed by atoms with Gasteiger partial charge in [-0.1, -0.05) is 45.1 Å². The highest BCUT2D eigenvalue weighted by atomic mass is 16.5. The Morgan fingerprint density at radius 1 is 0.854 bits per heavy atom. The van der Waals surface area contributed by atoms with E-state index in [1.165, 1.54) is 0 Å². The Hall–Kier alpha value is -5.52. The van der Waals surface area contributed by atoms with Gasteiger partial charge in [-0.05, 0) is 82.3 Å². The summed E-state index contributed by atoms with van der Waals surface area (Å²) in [4.78, 5) is 2.45. The van der Waals surface area contributed by atoms with Gasteiger partial charge in [0.2, 0.25) is 0 Å². The topological polar surface area (TPSA) is 164 Å². The van der Waals surface area contributed by atoms with E-state index in [0.29, 0.717) is 11.1 Å². The lowest BCUT2D eigenvalue weighted by Gasteiger charge is -2.42. The molecule has 244 valence electrons. The third-order valence-electron chi connectivity index (χ3n) is 9.40. The first-order valence-electron chi connectivity index (χ1n) is 16.2. The zero-order chi connectivity index (χ0) is 35.4. The van der Waals surface area contributed by atoms with Crippen molar-refractivity contribution in [3.05, 3.63) is 86.1 Å². The third-order valence-corrected chi connectivity index (χ3v) is 9.40. The Bertz CT molecular complexity index is 1870. The minimum atomic E-state index is -0.935. The number of piperidine rings is 1. The quantitative estimate of drug-likeness (QED) is 0.235. The molecular formula is C39H41N7O2. The summed E-state index contributed by atoms with van der Waals surface area (Å²) < 4.78 is 12.1. The second kappa shape index (κ2) is 13.7. The van der Waals surface area contributed by atoms with Crippen LogP contribution < -0.4 is 0 Å². The summed E-state index contributed by atoms with van der Waals surface area (Å²) >= 11 is 0. The van der Waals surface area contributed by atoms with Crippen LogP contribution in [0, 0.1) is 73.4 Å². The molecule has 3 heterocycles. The average molecular weight is 640 g/mol. The van der Waals surface area contributed by atoms with Crippen molar-refractivity contribution in [1.29, 1.82) is 31.7 Å². The molecule has 1 N–H and O–H groups in total. The van der Waals surface area contributed by atoms with Crippen LogP contribution in [-0.4, -0.2) is 35.1 Å². The second-order valence-corrected chi connectivity index (χ2v) is 14.4. The summed E-state index contributed by atoms with van der Waals surface area (Å²) in [6.07, 6.45) is 13.0. The summed E-state index contributed by atoms with van der Waals surface area (Å²) in [5.74, 6) is 2.37. The van der Waals surface area contributed by atoms with Gasteiger partial charge in [-0.3, -0.25) is 5.41 Å². The Morgan fingerprint density at radius 3 is 2.04 bits per heavy atom. The predicted octanol–water partition coefficient (Wildman–Crippen LogP) is 7.81. The maximum atomic E-state index is 10.2. The SMILES string of the molecule is CC1(C)OC(=C(C#N)C#N)C(C#N)=C1/C=C/C1=C(N2CCCCC2)C(=C/C=C2\C(C#N)=C(C(=C=N)C#N)OC2(C)C)/CCC1C(C)(C)C. The Morgan fingerprint density at radius 2 is 1.50 bits per heavy atom. The molecule has 3 aliphatic heterocycles. The third kappa shape index (κ3) is 6.64. The Kier molecular flexibility index (Phi) is 10.1. The van der Waals surface area contributed by atoms with Crippen molar-refractivity contribution in [2.75, 3.05) is 13.1 Å². The molecule has 48 heavy (non-hydrogen) atoms. The summed E-state index contributed by atoms with van der Waals surface area (Å²) in [5, 5.41) is 56.4. The van der Waals surface area contributed by atoms with Crippen LogP contribution in [-0.2, 0) is 9.47 Å². The molecule has 1 saturated heterocycles. The molecule has 4 rings (SSSR count). The monoisotopic (exact) mass is 639 g/mol. The maximum absolute atomic E-state index is 10.2. The van der Waals surface area contributed by atoms with Gasteiger partial charge in [0.1, 0.15) is 52.7 Å². The van der Waals surface area contributed by atoms with Crippen LogP contribution in [0.15, 0.2) is 86.1 Å². The van der Waals surface area contributed by atoms with Crippen LogP contribution in [0.4, 0.5) is 0 Å². The first kappa shape index (κ1) is 35.3. The molecule has 4 aliphatic rings. The molecule has 0 aromatic carbocycles. The lowest BCUT2D eigenvalue weighted by Crippen LogP contribution is -2.36. The van der Waals surface area contributed by atoms with E-state index in [-0.39, 0.29) is 45.1 Å². The number of likely N-dealkylation sites (tertiary alicyclic amines) is 1. The molecule has 1 aliphatic carbocycles. The van der Waals surface area contributed by atoms with Crippen molar-refractivity contribution >= 4 is 5.87 Å². The van der Waals surface area contributed by atoms with Crippen molar-refractivity contribution in [2.45, 2.75) is 91.8 Å². The van der Waals surface area contributed by atoms with E-state index in [4.69, 9.17) is 14.9 Å². The zero-order valence-electron chi connectivity index (χ0n) is 28.8. The molecule has 9 heteroatoms. The number of rotatable bonds is 5. The van der Waals surface area contributed by atoms with Gasteiger partial charge < -0.3 is 14.4 Å². The molecule has 0 bridgehead atoms. The number of nitriles is 5.